The second kappa shape index (κ2) is 12.5. The zero-order valence-corrected chi connectivity index (χ0v) is 17.9. The Balaban J connectivity index is 0.00000210. The molecule has 0 bridgehead atoms. The number of methoxy groups -OCH3 is 1. The number of nitrogens with zero attached hydrogens (tertiary/aromatic N) is 3. The van der Waals surface area contributed by atoms with Crippen LogP contribution in [0.4, 0.5) is 5.82 Å². The molecule has 7 nitrogen and oxygen atoms in total. The first-order valence-corrected chi connectivity index (χ1v) is 9.03. The predicted octanol–water partition coefficient (Wildman–Crippen LogP) is 2.27. The topological polar surface area (TPSA) is 75.1 Å². The maximum absolute atomic E-state index is 11.4. The van der Waals surface area contributed by atoms with Crippen LogP contribution in [0.2, 0.25) is 0 Å². The minimum Gasteiger partial charge on any atom is -0.491 e. The van der Waals surface area contributed by atoms with E-state index in [0.29, 0.717) is 17.9 Å². The Hall–Kier alpha value is -2.06. The quantitative estimate of drug-likeness (QED) is 0.657. The monoisotopic (exact) mass is 443 g/mol. The second-order valence-electron chi connectivity index (χ2n) is 6.46. The number of piperazine rings is 1. The molecule has 0 aliphatic carbocycles. The lowest BCUT2D eigenvalue weighted by Gasteiger charge is -2.36. The number of aliphatic hydroxyl groups excluding tert-OH is 1. The van der Waals surface area contributed by atoms with Gasteiger partial charge in [-0.1, -0.05) is 6.07 Å². The van der Waals surface area contributed by atoms with Gasteiger partial charge in [0.05, 0.1) is 12.7 Å². The van der Waals surface area contributed by atoms with Crippen LogP contribution in [-0.4, -0.2) is 73.5 Å². The second-order valence-corrected chi connectivity index (χ2v) is 6.46. The highest BCUT2D eigenvalue weighted by Gasteiger charge is 2.20. The fourth-order valence-corrected chi connectivity index (χ4v) is 3.05. The van der Waals surface area contributed by atoms with Crippen LogP contribution in [0.3, 0.4) is 0 Å². The molecule has 1 unspecified atom stereocenters. The average molecular weight is 444 g/mol. The summed E-state index contributed by atoms with van der Waals surface area (Å²) in [7, 11) is 1.35. The fraction of sp³-hybridized carbons (Fsp3) is 0.400. The van der Waals surface area contributed by atoms with E-state index < -0.39 is 6.10 Å². The lowest BCUT2D eigenvalue weighted by molar-refractivity contribution is 0.0599. The lowest BCUT2D eigenvalue weighted by atomic mass is 10.2. The van der Waals surface area contributed by atoms with Crippen LogP contribution in [0.1, 0.15) is 10.4 Å². The Morgan fingerprint density at radius 3 is 2.38 bits per heavy atom. The average Bonchev–Trinajstić information content (AvgIpc) is 2.73. The number of aliphatic hydroxyl groups is 1. The summed E-state index contributed by atoms with van der Waals surface area (Å²) in [6.45, 7) is 4.30. The molecule has 0 amide bonds. The Labute approximate surface area is 183 Å². The van der Waals surface area contributed by atoms with Gasteiger partial charge in [-0.05, 0) is 36.4 Å². The molecule has 0 spiro atoms. The summed E-state index contributed by atoms with van der Waals surface area (Å²) >= 11 is 0. The van der Waals surface area contributed by atoms with E-state index in [1.165, 1.54) is 7.11 Å². The molecule has 2 heterocycles. The van der Waals surface area contributed by atoms with Crippen molar-refractivity contribution in [2.45, 2.75) is 6.10 Å². The van der Waals surface area contributed by atoms with E-state index in [-0.39, 0.29) is 37.4 Å². The number of hydrogen-bond acceptors (Lipinski definition) is 7. The number of rotatable bonds is 7. The molecule has 1 saturated heterocycles. The fourth-order valence-electron chi connectivity index (χ4n) is 3.05. The van der Waals surface area contributed by atoms with Crippen LogP contribution >= 0.6 is 24.8 Å². The van der Waals surface area contributed by atoms with Crippen LogP contribution in [0.15, 0.2) is 48.7 Å². The number of hydrogen-bond donors (Lipinski definition) is 1. The van der Waals surface area contributed by atoms with Gasteiger partial charge in [-0.25, -0.2) is 9.78 Å². The Kier molecular flexibility index (Phi) is 10.8. The largest absolute Gasteiger partial charge is 0.491 e. The van der Waals surface area contributed by atoms with Crippen molar-refractivity contribution < 1.29 is 19.4 Å². The van der Waals surface area contributed by atoms with Gasteiger partial charge < -0.3 is 19.5 Å². The number of β-amino-alcohol motifs (C(OH)–C–C–N with tert-alkyl or cyclic N) is 1. The van der Waals surface area contributed by atoms with Crippen molar-refractivity contribution in [3.8, 4) is 5.75 Å². The molecular formula is C20H27Cl2N3O4. The Morgan fingerprint density at radius 2 is 1.79 bits per heavy atom. The summed E-state index contributed by atoms with van der Waals surface area (Å²) < 4.78 is 10.3. The number of carbonyl (C=O) groups excluding carboxylic acids is 1. The number of benzene rings is 1. The summed E-state index contributed by atoms with van der Waals surface area (Å²) in [5.41, 5.74) is 0.469. The molecule has 1 atom stereocenters. The van der Waals surface area contributed by atoms with Crippen molar-refractivity contribution in [2.75, 3.05) is 51.3 Å². The molecule has 1 aromatic carbocycles. The zero-order chi connectivity index (χ0) is 19.1. The number of carbonyl (C=O) groups is 1. The van der Waals surface area contributed by atoms with Gasteiger partial charge in [-0.2, -0.15) is 0 Å². The number of aromatic nitrogens is 1. The molecule has 1 N–H and O–H groups in total. The van der Waals surface area contributed by atoms with Gasteiger partial charge in [0.1, 0.15) is 24.3 Å². The predicted molar refractivity (Wildman–Crippen MR) is 117 cm³/mol. The number of ether oxygens (including phenoxy) is 2. The molecule has 29 heavy (non-hydrogen) atoms. The van der Waals surface area contributed by atoms with Gasteiger partial charge in [-0.15, -0.1) is 24.8 Å². The molecule has 0 radical (unpaired) electrons. The first kappa shape index (κ1) is 25.0. The van der Waals surface area contributed by atoms with E-state index in [1.54, 1.807) is 30.5 Å². The third-order valence-corrected chi connectivity index (χ3v) is 4.53. The highest BCUT2D eigenvalue weighted by Crippen LogP contribution is 2.15. The van der Waals surface area contributed by atoms with Crippen LogP contribution in [0.5, 0.6) is 5.75 Å². The van der Waals surface area contributed by atoms with Crippen LogP contribution < -0.4 is 9.64 Å². The first-order chi connectivity index (χ1) is 13.2. The SMILES string of the molecule is COC(=O)c1ccc(OCC(O)CN2CCN(c3ccccn3)CC2)cc1.Cl.Cl. The van der Waals surface area contributed by atoms with Crippen molar-refractivity contribution in [3.63, 3.8) is 0 Å². The zero-order valence-electron chi connectivity index (χ0n) is 16.3. The van der Waals surface area contributed by atoms with Crippen molar-refractivity contribution in [1.29, 1.82) is 0 Å². The third kappa shape index (κ3) is 7.36. The van der Waals surface area contributed by atoms with Crippen LogP contribution in [-0.2, 0) is 4.74 Å². The smallest absolute Gasteiger partial charge is 0.337 e. The van der Waals surface area contributed by atoms with E-state index in [0.717, 1.165) is 32.0 Å². The molecule has 9 heteroatoms. The van der Waals surface area contributed by atoms with Gasteiger partial charge in [0, 0.05) is 38.9 Å². The van der Waals surface area contributed by atoms with Gasteiger partial charge in [0.2, 0.25) is 0 Å². The van der Waals surface area contributed by atoms with Crippen molar-refractivity contribution in [1.82, 2.24) is 9.88 Å². The van der Waals surface area contributed by atoms with E-state index in [4.69, 9.17) is 4.74 Å². The van der Waals surface area contributed by atoms with Crippen LogP contribution in [0, 0.1) is 0 Å². The molecular weight excluding hydrogens is 417 g/mol. The summed E-state index contributed by atoms with van der Waals surface area (Å²) in [6.07, 6.45) is 1.23. The molecule has 1 aromatic heterocycles. The minimum absolute atomic E-state index is 0. The maximum Gasteiger partial charge on any atom is 0.337 e. The molecule has 1 aliphatic heterocycles. The molecule has 1 fully saturated rings. The summed E-state index contributed by atoms with van der Waals surface area (Å²) in [4.78, 5) is 20.3. The molecule has 3 rings (SSSR count). The standard InChI is InChI=1S/C20H25N3O4.2ClH/c1-26-20(25)16-5-7-18(8-6-16)27-15-17(24)14-22-10-12-23(13-11-22)19-4-2-3-9-21-19;;/h2-9,17,24H,10-15H2,1H3;2*1H. The summed E-state index contributed by atoms with van der Waals surface area (Å²) in [6, 6.07) is 12.6. The maximum atomic E-state index is 11.4. The van der Waals surface area contributed by atoms with Gasteiger partial charge in [0.25, 0.3) is 0 Å². The Bertz CT molecular complexity index is 726. The Morgan fingerprint density at radius 1 is 1.10 bits per heavy atom. The third-order valence-electron chi connectivity index (χ3n) is 4.53. The van der Waals surface area contributed by atoms with Crippen molar-refractivity contribution >= 4 is 36.6 Å². The van der Waals surface area contributed by atoms with Crippen molar-refractivity contribution in [3.05, 3.63) is 54.2 Å². The highest BCUT2D eigenvalue weighted by molar-refractivity contribution is 5.89. The number of anilines is 1. The molecule has 2 aromatic rings. The highest BCUT2D eigenvalue weighted by atomic mass is 35.5. The van der Waals surface area contributed by atoms with E-state index in [9.17, 15) is 9.90 Å². The molecule has 0 saturated carbocycles. The minimum atomic E-state index is -0.577. The van der Waals surface area contributed by atoms with Crippen LogP contribution in [0.25, 0.3) is 0 Å². The van der Waals surface area contributed by atoms with E-state index in [2.05, 4.69) is 19.5 Å². The van der Waals surface area contributed by atoms with Gasteiger partial charge in [0.15, 0.2) is 0 Å². The van der Waals surface area contributed by atoms with Gasteiger partial charge in [-0.3, -0.25) is 4.90 Å². The summed E-state index contributed by atoms with van der Waals surface area (Å²) in [5, 5.41) is 10.3. The van der Waals surface area contributed by atoms with Gasteiger partial charge >= 0.3 is 5.97 Å². The number of pyridine rings is 1. The number of halogens is 2. The van der Waals surface area contributed by atoms with Crippen molar-refractivity contribution in [2.24, 2.45) is 0 Å². The summed E-state index contributed by atoms with van der Waals surface area (Å²) in [5.74, 6) is 1.23. The molecule has 1 aliphatic rings. The van der Waals surface area contributed by atoms with E-state index in [1.807, 2.05) is 18.2 Å². The lowest BCUT2D eigenvalue weighted by Crippen LogP contribution is -2.49. The number of esters is 1. The first-order valence-electron chi connectivity index (χ1n) is 9.03. The van der Waals surface area contributed by atoms with E-state index >= 15 is 0 Å². The molecule has 160 valence electrons. The normalized spacial score (nSPS) is 14.9.